The fourth-order valence-corrected chi connectivity index (χ4v) is 4.27. The van der Waals surface area contributed by atoms with Crippen molar-refractivity contribution >= 4 is 15.6 Å². The van der Waals surface area contributed by atoms with Crippen molar-refractivity contribution in [2.75, 3.05) is 5.75 Å². The SMILES string of the molecule is Cn1cc(C(=O)C2CCCCS2(=O)=O)c(=O)n(C)c1=O. The van der Waals surface area contributed by atoms with Crippen molar-refractivity contribution in [2.45, 2.75) is 24.5 Å². The minimum Gasteiger partial charge on any atom is -0.303 e. The van der Waals surface area contributed by atoms with Crippen molar-refractivity contribution in [3.8, 4) is 0 Å². The van der Waals surface area contributed by atoms with E-state index in [1.54, 1.807) is 0 Å². The van der Waals surface area contributed by atoms with Crippen LogP contribution in [0.5, 0.6) is 0 Å². The van der Waals surface area contributed by atoms with E-state index >= 15 is 0 Å². The zero-order valence-electron chi connectivity index (χ0n) is 11.3. The van der Waals surface area contributed by atoms with E-state index in [4.69, 9.17) is 0 Å². The molecule has 0 radical (unpaired) electrons. The van der Waals surface area contributed by atoms with Gasteiger partial charge < -0.3 is 4.57 Å². The molecule has 1 saturated heterocycles. The maximum atomic E-state index is 12.3. The third kappa shape index (κ3) is 2.35. The molecule has 0 aromatic carbocycles. The van der Waals surface area contributed by atoms with E-state index in [0.717, 1.165) is 15.3 Å². The maximum absolute atomic E-state index is 12.3. The van der Waals surface area contributed by atoms with Crippen molar-refractivity contribution < 1.29 is 13.2 Å². The van der Waals surface area contributed by atoms with E-state index in [1.807, 2.05) is 0 Å². The standard InChI is InChI=1S/C12H16N2O5S/c1-13-7-8(11(16)14(2)12(13)17)10(15)9-5-3-4-6-20(9,18)19/h7,9H,3-6H2,1-2H3. The van der Waals surface area contributed by atoms with Gasteiger partial charge in [0.25, 0.3) is 5.56 Å². The van der Waals surface area contributed by atoms with Gasteiger partial charge in [-0.05, 0) is 12.8 Å². The first-order valence-corrected chi connectivity index (χ1v) is 7.99. The highest BCUT2D eigenvalue weighted by Gasteiger charge is 2.36. The highest BCUT2D eigenvalue weighted by molar-refractivity contribution is 7.92. The van der Waals surface area contributed by atoms with Gasteiger partial charge >= 0.3 is 5.69 Å². The number of ketones is 1. The molecule has 8 heteroatoms. The molecular formula is C12H16N2O5S. The molecule has 1 aliphatic heterocycles. The van der Waals surface area contributed by atoms with Gasteiger partial charge in [-0.2, -0.15) is 0 Å². The Labute approximate surface area is 115 Å². The summed E-state index contributed by atoms with van der Waals surface area (Å²) in [6.07, 6.45) is 2.53. The van der Waals surface area contributed by atoms with Crippen molar-refractivity contribution in [1.82, 2.24) is 9.13 Å². The Kier molecular flexibility index (Phi) is 3.68. The van der Waals surface area contributed by atoms with E-state index in [1.165, 1.54) is 14.1 Å². The molecule has 1 unspecified atom stereocenters. The van der Waals surface area contributed by atoms with Crippen LogP contribution in [0.3, 0.4) is 0 Å². The fraction of sp³-hybridized carbons (Fsp3) is 0.583. The summed E-state index contributed by atoms with van der Waals surface area (Å²) in [6, 6.07) is 0. The molecule has 0 amide bonds. The lowest BCUT2D eigenvalue weighted by atomic mass is 10.1. The fourth-order valence-electron chi connectivity index (χ4n) is 2.40. The summed E-state index contributed by atoms with van der Waals surface area (Å²) in [6.45, 7) is 0. The van der Waals surface area contributed by atoms with Crippen LogP contribution in [0.15, 0.2) is 15.8 Å². The van der Waals surface area contributed by atoms with Gasteiger partial charge in [0, 0.05) is 20.3 Å². The molecule has 0 aliphatic carbocycles. The number of carbonyl (C=O) groups is 1. The number of rotatable bonds is 2. The Hall–Kier alpha value is -1.70. The molecule has 7 nitrogen and oxygen atoms in total. The van der Waals surface area contributed by atoms with E-state index in [2.05, 4.69) is 0 Å². The largest absolute Gasteiger partial charge is 0.330 e. The van der Waals surface area contributed by atoms with E-state index in [0.29, 0.717) is 12.8 Å². The lowest BCUT2D eigenvalue weighted by Crippen LogP contribution is -2.43. The van der Waals surface area contributed by atoms with Crippen LogP contribution < -0.4 is 11.2 Å². The molecule has 110 valence electrons. The third-order valence-electron chi connectivity index (χ3n) is 3.58. The molecular weight excluding hydrogens is 284 g/mol. The molecule has 2 rings (SSSR count). The molecule has 1 aromatic heterocycles. The smallest absolute Gasteiger partial charge is 0.303 e. The quantitative estimate of drug-likeness (QED) is 0.669. The third-order valence-corrected chi connectivity index (χ3v) is 5.76. The molecule has 0 spiro atoms. The van der Waals surface area contributed by atoms with Crippen LogP contribution in [0, 0.1) is 0 Å². The second-order valence-electron chi connectivity index (χ2n) is 5.02. The summed E-state index contributed by atoms with van der Waals surface area (Å²) >= 11 is 0. The first kappa shape index (κ1) is 14.7. The summed E-state index contributed by atoms with van der Waals surface area (Å²) in [5.41, 5.74) is -1.55. The maximum Gasteiger partial charge on any atom is 0.330 e. The average Bonchev–Trinajstić information content (AvgIpc) is 2.39. The highest BCUT2D eigenvalue weighted by Crippen LogP contribution is 2.22. The van der Waals surface area contributed by atoms with Crippen molar-refractivity contribution in [3.63, 3.8) is 0 Å². The van der Waals surface area contributed by atoms with Gasteiger partial charge in [0.05, 0.1) is 5.75 Å². The van der Waals surface area contributed by atoms with Crippen molar-refractivity contribution in [2.24, 2.45) is 14.1 Å². The normalized spacial score (nSPS) is 21.6. The Bertz CT molecular complexity index is 772. The van der Waals surface area contributed by atoms with Crippen LogP contribution in [0.4, 0.5) is 0 Å². The predicted molar refractivity (Wildman–Crippen MR) is 72.7 cm³/mol. The lowest BCUT2D eigenvalue weighted by Gasteiger charge is -2.21. The topological polar surface area (TPSA) is 95.2 Å². The van der Waals surface area contributed by atoms with E-state index in [9.17, 15) is 22.8 Å². The van der Waals surface area contributed by atoms with Crippen molar-refractivity contribution in [1.29, 1.82) is 0 Å². The molecule has 0 bridgehead atoms. The van der Waals surface area contributed by atoms with Crippen LogP contribution in [-0.2, 0) is 23.9 Å². The van der Waals surface area contributed by atoms with Crippen LogP contribution in [0.1, 0.15) is 29.6 Å². The molecule has 1 aliphatic rings. The molecule has 2 heterocycles. The number of sulfone groups is 1. The van der Waals surface area contributed by atoms with Crippen LogP contribution in [0.2, 0.25) is 0 Å². The number of hydrogen-bond donors (Lipinski definition) is 0. The van der Waals surface area contributed by atoms with Gasteiger partial charge in [-0.3, -0.25) is 14.2 Å². The van der Waals surface area contributed by atoms with Crippen LogP contribution in [-0.4, -0.2) is 34.3 Å². The van der Waals surface area contributed by atoms with E-state index < -0.39 is 32.1 Å². The second kappa shape index (κ2) is 5.01. The number of aromatic nitrogens is 2. The first-order chi connectivity index (χ1) is 9.25. The van der Waals surface area contributed by atoms with Gasteiger partial charge in [-0.1, -0.05) is 6.42 Å². The molecule has 20 heavy (non-hydrogen) atoms. The van der Waals surface area contributed by atoms with Gasteiger partial charge in [0.15, 0.2) is 15.6 Å². The summed E-state index contributed by atoms with van der Waals surface area (Å²) in [5.74, 6) is -0.740. The van der Waals surface area contributed by atoms with Gasteiger partial charge in [-0.15, -0.1) is 0 Å². The predicted octanol–water partition coefficient (Wildman–Crippen LogP) is -0.766. The molecule has 1 atom stereocenters. The summed E-state index contributed by atoms with van der Waals surface area (Å²) in [5, 5.41) is -1.17. The number of Topliss-reactive ketones (excluding diaryl/α,β-unsaturated/α-hetero) is 1. The minimum atomic E-state index is -3.51. The van der Waals surface area contributed by atoms with Crippen LogP contribution >= 0.6 is 0 Å². The Morgan fingerprint density at radius 3 is 2.50 bits per heavy atom. The molecule has 0 N–H and O–H groups in total. The summed E-state index contributed by atoms with van der Waals surface area (Å²) in [4.78, 5) is 35.9. The number of nitrogens with zero attached hydrogens (tertiary/aromatic N) is 2. The minimum absolute atomic E-state index is 0.0323. The summed E-state index contributed by atoms with van der Waals surface area (Å²) < 4.78 is 25.8. The zero-order chi connectivity index (χ0) is 15.1. The highest BCUT2D eigenvalue weighted by atomic mass is 32.2. The average molecular weight is 300 g/mol. The van der Waals surface area contributed by atoms with Crippen molar-refractivity contribution in [3.05, 3.63) is 32.6 Å². The number of aryl methyl sites for hydroxylation is 1. The summed E-state index contributed by atoms with van der Waals surface area (Å²) in [7, 11) is -0.837. The van der Waals surface area contributed by atoms with Gasteiger partial charge in [0.1, 0.15) is 10.8 Å². The molecule has 1 fully saturated rings. The zero-order valence-corrected chi connectivity index (χ0v) is 12.1. The lowest BCUT2D eigenvalue weighted by molar-refractivity contribution is 0.0978. The second-order valence-corrected chi connectivity index (χ2v) is 7.32. The Morgan fingerprint density at radius 2 is 1.90 bits per heavy atom. The number of carbonyl (C=O) groups excluding carboxylic acids is 1. The van der Waals surface area contributed by atoms with Gasteiger partial charge in [0.2, 0.25) is 0 Å². The van der Waals surface area contributed by atoms with E-state index in [-0.39, 0.29) is 17.7 Å². The Balaban J connectivity index is 2.55. The first-order valence-electron chi connectivity index (χ1n) is 6.28. The van der Waals surface area contributed by atoms with Gasteiger partial charge in [-0.25, -0.2) is 13.2 Å². The molecule has 0 saturated carbocycles. The Morgan fingerprint density at radius 1 is 1.25 bits per heavy atom. The molecule has 1 aromatic rings. The number of hydrogen-bond acceptors (Lipinski definition) is 5. The van der Waals surface area contributed by atoms with Crippen LogP contribution in [0.25, 0.3) is 0 Å². The monoisotopic (exact) mass is 300 g/mol.